The molecule has 3 N–H and O–H groups in total. The Kier molecular flexibility index (Phi) is 5.13. The van der Waals surface area contributed by atoms with Crippen molar-refractivity contribution in [1.29, 1.82) is 0 Å². The van der Waals surface area contributed by atoms with E-state index in [-0.39, 0.29) is 23.4 Å². The number of benzene rings is 1. The minimum atomic E-state index is -3.72. The molecule has 0 saturated heterocycles. The highest BCUT2D eigenvalue weighted by molar-refractivity contribution is 7.89. The van der Waals surface area contributed by atoms with E-state index in [9.17, 15) is 13.2 Å². The standard InChI is InChI=1S/C13H21N3O3S/c1-9(2)15-13(17)8-16(4)20(18,19)12-6-10(3)5-11(14)7-12/h5-7,9H,8,14H2,1-4H3,(H,15,17). The number of nitrogens with one attached hydrogen (secondary N) is 1. The van der Waals surface area contributed by atoms with Gasteiger partial charge in [-0.3, -0.25) is 4.79 Å². The van der Waals surface area contributed by atoms with Crippen molar-refractivity contribution in [2.24, 2.45) is 0 Å². The molecule has 0 aromatic heterocycles. The largest absolute Gasteiger partial charge is 0.399 e. The summed E-state index contributed by atoms with van der Waals surface area (Å²) in [6.45, 7) is 5.16. The molecular weight excluding hydrogens is 278 g/mol. The Hall–Kier alpha value is -1.60. The lowest BCUT2D eigenvalue weighted by Crippen LogP contribution is -2.40. The third-order valence-corrected chi connectivity index (χ3v) is 4.38. The highest BCUT2D eigenvalue weighted by atomic mass is 32.2. The monoisotopic (exact) mass is 299 g/mol. The van der Waals surface area contributed by atoms with Crippen molar-refractivity contribution in [2.45, 2.75) is 31.7 Å². The first kappa shape index (κ1) is 16.5. The Morgan fingerprint density at radius 1 is 1.35 bits per heavy atom. The van der Waals surface area contributed by atoms with Crippen LogP contribution in [0.5, 0.6) is 0 Å². The molecule has 0 radical (unpaired) electrons. The summed E-state index contributed by atoms with van der Waals surface area (Å²) in [6.07, 6.45) is 0. The average Bonchev–Trinajstić information content (AvgIpc) is 2.25. The molecule has 1 aromatic rings. The summed E-state index contributed by atoms with van der Waals surface area (Å²) in [5.74, 6) is -0.341. The third kappa shape index (κ3) is 4.21. The van der Waals surface area contributed by atoms with E-state index in [2.05, 4.69) is 5.32 Å². The van der Waals surface area contributed by atoms with Crippen molar-refractivity contribution >= 4 is 21.6 Å². The van der Waals surface area contributed by atoms with Crippen molar-refractivity contribution in [3.8, 4) is 0 Å². The molecule has 1 rings (SSSR count). The Morgan fingerprint density at radius 3 is 2.45 bits per heavy atom. The highest BCUT2D eigenvalue weighted by Crippen LogP contribution is 2.19. The van der Waals surface area contributed by atoms with Gasteiger partial charge >= 0.3 is 0 Å². The third-order valence-electron chi connectivity index (χ3n) is 2.60. The fourth-order valence-electron chi connectivity index (χ4n) is 1.76. The molecule has 0 spiro atoms. The van der Waals surface area contributed by atoms with E-state index >= 15 is 0 Å². The second-order valence-electron chi connectivity index (χ2n) is 5.06. The van der Waals surface area contributed by atoms with Crippen LogP contribution in [0, 0.1) is 6.92 Å². The van der Waals surface area contributed by atoms with Crippen LogP contribution in [-0.4, -0.2) is 38.3 Å². The summed E-state index contributed by atoms with van der Waals surface area (Å²) in [6, 6.07) is 4.57. The molecule has 112 valence electrons. The molecule has 20 heavy (non-hydrogen) atoms. The average molecular weight is 299 g/mol. The number of rotatable bonds is 5. The lowest BCUT2D eigenvalue weighted by molar-refractivity contribution is -0.121. The number of likely N-dealkylation sites (N-methyl/N-ethyl adjacent to an activating group) is 1. The number of hydrogen-bond acceptors (Lipinski definition) is 4. The van der Waals surface area contributed by atoms with Gasteiger partial charge in [-0.05, 0) is 44.5 Å². The van der Waals surface area contributed by atoms with Gasteiger partial charge in [-0.1, -0.05) is 0 Å². The van der Waals surface area contributed by atoms with Crippen LogP contribution in [0.4, 0.5) is 5.69 Å². The number of carbonyl (C=O) groups excluding carboxylic acids is 1. The second-order valence-corrected chi connectivity index (χ2v) is 7.11. The molecule has 0 aliphatic heterocycles. The fraction of sp³-hybridized carbons (Fsp3) is 0.462. The number of hydrogen-bond donors (Lipinski definition) is 2. The van der Waals surface area contributed by atoms with Crippen LogP contribution in [0.25, 0.3) is 0 Å². The van der Waals surface area contributed by atoms with Crippen LogP contribution < -0.4 is 11.1 Å². The summed E-state index contributed by atoms with van der Waals surface area (Å²) in [5, 5.41) is 2.65. The molecule has 1 amide bonds. The maximum Gasteiger partial charge on any atom is 0.243 e. The van der Waals surface area contributed by atoms with Gasteiger partial charge in [0.15, 0.2) is 0 Å². The van der Waals surface area contributed by atoms with Gasteiger partial charge in [0.1, 0.15) is 0 Å². The minimum absolute atomic E-state index is 0.0341. The normalized spacial score (nSPS) is 11.9. The van der Waals surface area contributed by atoms with Gasteiger partial charge in [-0.25, -0.2) is 8.42 Å². The maximum absolute atomic E-state index is 12.3. The van der Waals surface area contributed by atoms with Gasteiger partial charge < -0.3 is 11.1 Å². The zero-order valence-corrected chi connectivity index (χ0v) is 13.0. The van der Waals surface area contributed by atoms with Gasteiger partial charge in [0.25, 0.3) is 0 Å². The number of aryl methyl sites for hydroxylation is 1. The number of carbonyl (C=O) groups is 1. The van der Waals surface area contributed by atoms with E-state index < -0.39 is 10.0 Å². The van der Waals surface area contributed by atoms with Gasteiger partial charge in [0.2, 0.25) is 15.9 Å². The van der Waals surface area contributed by atoms with E-state index in [1.165, 1.54) is 19.2 Å². The van der Waals surface area contributed by atoms with E-state index in [0.717, 1.165) is 9.87 Å². The SMILES string of the molecule is Cc1cc(N)cc(S(=O)(=O)N(C)CC(=O)NC(C)C)c1. The predicted octanol–water partition coefficient (Wildman–Crippen LogP) is 0.722. The smallest absolute Gasteiger partial charge is 0.243 e. The van der Waals surface area contributed by atoms with Gasteiger partial charge in [0.05, 0.1) is 11.4 Å². The second kappa shape index (κ2) is 6.23. The molecule has 0 bridgehead atoms. The van der Waals surface area contributed by atoms with E-state index in [0.29, 0.717) is 5.69 Å². The molecule has 0 atom stereocenters. The molecule has 6 nitrogen and oxygen atoms in total. The summed E-state index contributed by atoms with van der Waals surface area (Å²) in [4.78, 5) is 11.7. The Bertz CT molecular complexity index is 577. The van der Waals surface area contributed by atoms with Crippen LogP contribution in [0.15, 0.2) is 23.1 Å². The molecule has 0 heterocycles. The number of nitrogens with zero attached hydrogens (tertiary/aromatic N) is 1. The Morgan fingerprint density at radius 2 is 1.95 bits per heavy atom. The van der Waals surface area contributed by atoms with Crippen LogP contribution >= 0.6 is 0 Å². The molecule has 0 fully saturated rings. The first-order valence-electron chi connectivity index (χ1n) is 6.26. The van der Waals surface area contributed by atoms with E-state index in [1.54, 1.807) is 13.0 Å². The van der Waals surface area contributed by atoms with Crippen molar-refractivity contribution < 1.29 is 13.2 Å². The van der Waals surface area contributed by atoms with Crippen molar-refractivity contribution in [3.63, 3.8) is 0 Å². The van der Waals surface area contributed by atoms with Crippen molar-refractivity contribution in [3.05, 3.63) is 23.8 Å². The van der Waals surface area contributed by atoms with Gasteiger partial charge in [-0.15, -0.1) is 0 Å². The lowest BCUT2D eigenvalue weighted by Gasteiger charge is -2.18. The number of sulfonamides is 1. The first-order chi connectivity index (χ1) is 9.12. The number of anilines is 1. The van der Waals surface area contributed by atoms with Crippen molar-refractivity contribution in [2.75, 3.05) is 19.3 Å². The van der Waals surface area contributed by atoms with Crippen molar-refractivity contribution in [1.82, 2.24) is 9.62 Å². The molecule has 1 aromatic carbocycles. The summed E-state index contributed by atoms with van der Waals surface area (Å²) in [5.41, 5.74) is 6.79. The summed E-state index contributed by atoms with van der Waals surface area (Å²) < 4.78 is 25.7. The molecular formula is C13H21N3O3S. The topological polar surface area (TPSA) is 92.5 Å². The lowest BCUT2D eigenvalue weighted by atomic mass is 10.2. The molecule has 0 saturated carbocycles. The Balaban J connectivity index is 2.95. The predicted molar refractivity (Wildman–Crippen MR) is 78.7 cm³/mol. The number of nitrogen functional groups attached to an aromatic ring is 1. The molecule has 0 aliphatic carbocycles. The van der Waals surface area contributed by atoms with E-state index in [4.69, 9.17) is 5.73 Å². The number of amides is 1. The zero-order chi connectivity index (χ0) is 15.5. The fourth-order valence-corrected chi connectivity index (χ4v) is 3.03. The molecule has 0 aliphatic rings. The van der Waals surface area contributed by atoms with Gasteiger partial charge in [-0.2, -0.15) is 4.31 Å². The molecule has 0 unspecified atom stereocenters. The van der Waals surface area contributed by atoms with Crippen LogP contribution in [0.1, 0.15) is 19.4 Å². The van der Waals surface area contributed by atoms with E-state index in [1.807, 2.05) is 13.8 Å². The Labute approximate surface area is 120 Å². The van der Waals surface area contributed by atoms with Crippen LogP contribution in [0.3, 0.4) is 0 Å². The summed E-state index contributed by atoms with van der Waals surface area (Å²) >= 11 is 0. The minimum Gasteiger partial charge on any atom is -0.399 e. The summed E-state index contributed by atoms with van der Waals surface area (Å²) in [7, 11) is -2.35. The quantitative estimate of drug-likeness (QED) is 0.784. The molecule has 7 heteroatoms. The zero-order valence-electron chi connectivity index (χ0n) is 12.2. The first-order valence-corrected chi connectivity index (χ1v) is 7.70. The number of nitrogens with two attached hydrogens (primary N) is 1. The van der Waals surface area contributed by atoms with Gasteiger partial charge in [0, 0.05) is 18.8 Å². The maximum atomic E-state index is 12.3. The van der Waals surface area contributed by atoms with Crippen LogP contribution in [0.2, 0.25) is 0 Å². The van der Waals surface area contributed by atoms with Crippen LogP contribution in [-0.2, 0) is 14.8 Å². The highest BCUT2D eigenvalue weighted by Gasteiger charge is 2.23.